The molecule has 6 rings (SSSR count). The van der Waals surface area contributed by atoms with E-state index >= 15 is 0 Å². The van der Waals surface area contributed by atoms with Crippen LogP contribution in [0.4, 0.5) is 15.8 Å². The zero-order valence-electron chi connectivity index (χ0n) is 27.0. The molecule has 0 spiro atoms. The Balaban J connectivity index is 1.11. The van der Waals surface area contributed by atoms with Crippen LogP contribution in [-0.4, -0.2) is 84.9 Å². The van der Waals surface area contributed by atoms with E-state index in [4.69, 9.17) is 18.9 Å². The number of nitrogens with one attached hydrogen (secondary N) is 2. The predicted molar refractivity (Wildman–Crippen MR) is 176 cm³/mol. The molecule has 3 heterocycles. The largest absolute Gasteiger partial charge is 0.493 e. The Labute approximate surface area is 267 Å². The summed E-state index contributed by atoms with van der Waals surface area (Å²) in [5.41, 5.74) is 4.64. The fraction of sp³-hybridized carbons (Fsp3) is 0.556. The van der Waals surface area contributed by atoms with Crippen molar-refractivity contribution in [1.82, 2.24) is 10.6 Å². The Kier molecular flexibility index (Phi) is 10.6. The van der Waals surface area contributed by atoms with Crippen molar-refractivity contribution in [3.63, 3.8) is 0 Å². The third-order valence-corrected chi connectivity index (χ3v) is 9.68. The number of ether oxygens (including phenoxy) is 4. The standard InChI is InChI=1S/C36H49FN4O4/c1-25-18-27(9-11-33(25)45-30-12-14-41(23-30)29-7-4-6-28(37)20-29)36-31(38-2)21-39-22-35(36)44-24-26-8-10-34-32(19-26)40(15-17-43-34)13-5-16-42-3/h4,6-11,19-20,25,30-31,35-36,38-39H,5,12-18,21-24H2,1-3H3/t25?,30-,31+,35-,36?/m0/s1. The molecule has 3 aliphatic heterocycles. The molecule has 0 saturated carbocycles. The smallest absolute Gasteiger partial charge is 0.142 e. The number of benzene rings is 2. The molecule has 5 atom stereocenters. The monoisotopic (exact) mass is 620 g/mol. The molecule has 1 aliphatic carbocycles. The van der Waals surface area contributed by atoms with Gasteiger partial charge in [0.1, 0.15) is 24.3 Å². The highest BCUT2D eigenvalue weighted by atomic mass is 19.1. The first-order chi connectivity index (χ1) is 22.0. The van der Waals surface area contributed by atoms with Crippen LogP contribution in [0.15, 0.2) is 65.9 Å². The summed E-state index contributed by atoms with van der Waals surface area (Å²) in [6, 6.07) is 13.6. The number of nitrogens with zero attached hydrogens (tertiary/aromatic N) is 2. The molecule has 2 fully saturated rings. The predicted octanol–water partition coefficient (Wildman–Crippen LogP) is 4.90. The number of likely N-dealkylation sites (N-methyl/N-ethyl adjacent to an activating group) is 1. The lowest BCUT2D eigenvalue weighted by atomic mass is 9.77. The Morgan fingerprint density at radius 1 is 1.11 bits per heavy atom. The summed E-state index contributed by atoms with van der Waals surface area (Å²) in [5, 5.41) is 7.15. The lowest BCUT2D eigenvalue weighted by Gasteiger charge is -2.41. The van der Waals surface area contributed by atoms with Crippen molar-refractivity contribution in [2.75, 3.05) is 76.4 Å². The molecule has 0 radical (unpaired) electrons. The molecular formula is C36H49FN4O4. The average molecular weight is 621 g/mol. The number of rotatable bonds is 12. The van der Waals surface area contributed by atoms with Crippen LogP contribution < -0.4 is 25.2 Å². The van der Waals surface area contributed by atoms with E-state index in [1.165, 1.54) is 11.6 Å². The summed E-state index contributed by atoms with van der Waals surface area (Å²) in [6.45, 7) is 9.48. The van der Waals surface area contributed by atoms with Gasteiger partial charge in [0.05, 0.1) is 37.2 Å². The number of fused-ring (bicyclic) bond motifs is 1. The van der Waals surface area contributed by atoms with Gasteiger partial charge < -0.3 is 39.4 Å². The molecule has 244 valence electrons. The molecule has 0 amide bonds. The summed E-state index contributed by atoms with van der Waals surface area (Å²) >= 11 is 0. The number of halogens is 1. The second kappa shape index (κ2) is 15.0. The van der Waals surface area contributed by atoms with Crippen LogP contribution in [0.5, 0.6) is 5.75 Å². The van der Waals surface area contributed by atoms with Gasteiger partial charge in [-0.15, -0.1) is 0 Å². The van der Waals surface area contributed by atoms with E-state index in [1.54, 1.807) is 19.2 Å². The fourth-order valence-corrected chi connectivity index (χ4v) is 7.28. The van der Waals surface area contributed by atoms with Gasteiger partial charge in [-0.1, -0.05) is 30.7 Å². The van der Waals surface area contributed by atoms with Crippen molar-refractivity contribution < 1.29 is 23.3 Å². The van der Waals surface area contributed by atoms with Crippen molar-refractivity contribution in [2.24, 2.45) is 11.8 Å². The zero-order valence-corrected chi connectivity index (χ0v) is 27.0. The average Bonchev–Trinajstić information content (AvgIpc) is 3.53. The molecule has 45 heavy (non-hydrogen) atoms. The third-order valence-electron chi connectivity index (χ3n) is 9.68. The van der Waals surface area contributed by atoms with E-state index in [-0.39, 0.29) is 35.9 Å². The van der Waals surface area contributed by atoms with Crippen molar-refractivity contribution in [3.8, 4) is 5.75 Å². The van der Waals surface area contributed by atoms with Crippen molar-refractivity contribution in [2.45, 2.75) is 51.0 Å². The number of methoxy groups -OCH3 is 1. The molecule has 2 aromatic rings. The molecule has 8 nitrogen and oxygen atoms in total. The molecular weight excluding hydrogens is 571 g/mol. The Morgan fingerprint density at radius 3 is 2.84 bits per heavy atom. The summed E-state index contributed by atoms with van der Waals surface area (Å²) in [7, 11) is 3.80. The lowest BCUT2D eigenvalue weighted by Crippen LogP contribution is -2.56. The highest BCUT2D eigenvalue weighted by Crippen LogP contribution is 2.37. The maximum atomic E-state index is 13.8. The fourth-order valence-electron chi connectivity index (χ4n) is 7.28. The minimum atomic E-state index is -0.198. The molecule has 2 unspecified atom stereocenters. The molecule has 0 aromatic heterocycles. The van der Waals surface area contributed by atoms with Crippen LogP contribution >= 0.6 is 0 Å². The van der Waals surface area contributed by atoms with E-state index in [0.717, 1.165) is 93.6 Å². The summed E-state index contributed by atoms with van der Waals surface area (Å²) in [6.07, 6.45) is 7.48. The third kappa shape index (κ3) is 7.65. The second-order valence-corrected chi connectivity index (χ2v) is 12.8. The molecule has 2 N–H and O–H groups in total. The van der Waals surface area contributed by atoms with Gasteiger partial charge in [-0.25, -0.2) is 4.39 Å². The summed E-state index contributed by atoms with van der Waals surface area (Å²) in [5.74, 6) is 2.34. The summed E-state index contributed by atoms with van der Waals surface area (Å²) < 4.78 is 38.3. The van der Waals surface area contributed by atoms with Crippen molar-refractivity contribution >= 4 is 11.4 Å². The molecule has 9 heteroatoms. The van der Waals surface area contributed by atoms with Gasteiger partial charge in [0.2, 0.25) is 0 Å². The Hall–Kier alpha value is -3.11. The van der Waals surface area contributed by atoms with Gasteiger partial charge in [-0.2, -0.15) is 0 Å². The maximum Gasteiger partial charge on any atom is 0.142 e. The normalized spacial score (nSPS) is 26.6. The van der Waals surface area contributed by atoms with Gasteiger partial charge in [-0.3, -0.25) is 0 Å². The van der Waals surface area contributed by atoms with Crippen LogP contribution in [0.3, 0.4) is 0 Å². The lowest BCUT2D eigenvalue weighted by molar-refractivity contribution is -0.0131. The van der Waals surface area contributed by atoms with E-state index in [9.17, 15) is 4.39 Å². The molecule has 2 aromatic carbocycles. The number of anilines is 2. The second-order valence-electron chi connectivity index (χ2n) is 12.8. The van der Waals surface area contributed by atoms with Crippen LogP contribution in [0.2, 0.25) is 0 Å². The first kappa shape index (κ1) is 31.9. The molecule has 2 saturated heterocycles. The van der Waals surface area contributed by atoms with Gasteiger partial charge in [0, 0.05) is 69.9 Å². The Bertz CT molecular complexity index is 1350. The number of allylic oxidation sites excluding steroid dienone is 3. The maximum absolute atomic E-state index is 13.8. The van der Waals surface area contributed by atoms with Crippen LogP contribution in [0, 0.1) is 17.7 Å². The Morgan fingerprint density at radius 2 is 2.02 bits per heavy atom. The zero-order chi connectivity index (χ0) is 31.2. The van der Waals surface area contributed by atoms with Gasteiger partial charge >= 0.3 is 0 Å². The highest BCUT2D eigenvalue weighted by molar-refractivity contribution is 5.61. The van der Waals surface area contributed by atoms with E-state index < -0.39 is 0 Å². The minimum Gasteiger partial charge on any atom is -0.493 e. The quantitative estimate of drug-likeness (QED) is 0.325. The SMILES string of the molecule is CN[C@@H]1CNC[C@H](OCc2ccc3c(c2)N(CCCOC)CCO3)C1C1=CC=C(O[C@H]2CCN(c3cccc(F)c3)C2)C(C)C1. The number of hydrogen-bond donors (Lipinski definition) is 2. The van der Waals surface area contributed by atoms with Gasteiger partial charge in [0.25, 0.3) is 0 Å². The highest BCUT2D eigenvalue weighted by Gasteiger charge is 2.38. The van der Waals surface area contributed by atoms with Crippen LogP contribution in [0.25, 0.3) is 0 Å². The molecule has 4 aliphatic rings. The van der Waals surface area contributed by atoms with Crippen LogP contribution in [0.1, 0.15) is 31.7 Å². The van der Waals surface area contributed by atoms with Crippen LogP contribution in [-0.2, 0) is 20.8 Å². The van der Waals surface area contributed by atoms with Crippen molar-refractivity contribution in [1.29, 1.82) is 0 Å². The van der Waals surface area contributed by atoms with E-state index in [0.29, 0.717) is 13.2 Å². The van der Waals surface area contributed by atoms with E-state index in [2.05, 4.69) is 57.7 Å². The first-order valence-electron chi connectivity index (χ1n) is 16.6. The number of piperidine rings is 1. The topological polar surface area (TPSA) is 67.5 Å². The van der Waals surface area contributed by atoms with Crippen molar-refractivity contribution in [3.05, 3.63) is 77.3 Å². The first-order valence-corrected chi connectivity index (χ1v) is 16.6. The molecule has 0 bridgehead atoms. The van der Waals surface area contributed by atoms with E-state index in [1.807, 2.05) is 13.1 Å². The number of hydrogen-bond acceptors (Lipinski definition) is 8. The van der Waals surface area contributed by atoms with Gasteiger partial charge in [-0.05, 0) is 61.9 Å². The minimum absolute atomic E-state index is 0.0465. The summed E-state index contributed by atoms with van der Waals surface area (Å²) in [4.78, 5) is 4.61. The van der Waals surface area contributed by atoms with Gasteiger partial charge in [0.15, 0.2) is 0 Å².